The van der Waals surface area contributed by atoms with Crippen molar-refractivity contribution in [3.05, 3.63) is 64.2 Å². The van der Waals surface area contributed by atoms with Gasteiger partial charge in [-0.25, -0.2) is 0 Å². The molecule has 1 heterocycles. The van der Waals surface area contributed by atoms with E-state index < -0.39 is 12.2 Å². The van der Waals surface area contributed by atoms with Crippen molar-refractivity contribution < 1.29 is 19.7 Å². The third-order valence-corrected chi connectivity index (χ3v) is 4.84. The van der Waals surface area contributed by atoms with Crippen LogP contribution in [-0.2, 0) is 11.2 Å². The number of hydrogen-bond donors (Lipinski definition) is 2. The smallest absolute Gasteiger partial charge is 0.119 e. The number of rotatable bonds is 6. The summed E-state index contributed by atoms with van der Waals surface area (Å²) in [4.78, 5) is 0. The van der Waals surface area contributed by atoms with Crippen LogP contribution in [0.1, 0.15) is 36.1 Å². The fourth-order valence-electron chi connectivity index (χ4n) is 3.13. The molecule has 2 aromatic rings. The summed E-state index contributed by atoms with van der Waals surface area (Å²) >= 11 is 6.36. The molecular formula is C20H23ClO4. The van der Waals surface area contributed by atoms with Crippen molar-refractivity contribution in [1.82, 2.24) is 0 Å². The highest BCUT2D eigenvalue weighted by Crippen LogP contribution is 2.35. The Morgan fingerprint density at radius 3 is 2.60 bits per heavy atom. The molecule has 4 nitrogen and oxygen atoms in total. The highest BCUT2D eigenvalue weighted by Gasteiger charge is 2.34. The zero-order chi connectivity index (χ0) is 17.8. The van der Waals surface area contributed by atoms with E-state index in [2.05, 4.69) is 0 Å². The first-order valence-corrected chi connectivity index (χ1v) is 8.93. The SMILES string of the molecule is CCOc1ccc(Cc2cc([C@H]3C[C@@H](O)[C@H](CO)O3)ccc2Cl)cc1. The molecule has 0 radical (unpaired) electrons. The maximum absolute atomic E-state index is 9.93. The molecule has 5 heteroatoms. The molecule has 2 N–H and O–H groups in total. The molecule has 25 heavy (non-hydrogen) atoms. The Bertz CT molecular complexity index is 701. The van der Waals surface area contributed by atoms with Gasteiger partial charge in [0.15, 0.2) is 0 Å². The van der Waals surface area contributed by atoms with Gasteiger partial charge < -0.3 is 19.7 Å². The molecule has 1 fully saturated rings. The van der Waals surface area contributed by atoms with Crippen molar-refractivity contribution in [2.45, 2.75) is 38.1 Å². The van der Waals surface area contributed by atoms with Gasteiger partial charge in [0.05, 0.1) is 25.4 Å². The van der Waals surface area contributed by atoms with Gasteiger partial charge in [-0.1, -0.05) is 35.9 Å². The highest BCUT2D eigenvalue weighted by atomic mass is 35.5. The van der Waals surface area contributed by atoms with Crippen LogP contribution in [0.4, 0.5) is 0 Å². The molecule has 0 aliphatic carbocycles. The van der Waals surface area contributed by atoms with Crippen LogP contribution in [0.15, 0.2) is 42.5 Å². The average molecular weight is 363 g/mol. The third kappa shape index (κ3) is 4.33. The Morgan fingerprint density at radius 2 is 1.96 bits per heavy atom. The molecule has 1 aliphatic heterocycles. The summed E-state index contributed by atoms with van der Waals surface area (Å²) in [6.07, 6.45) is -0.188. The lowest BCUT2D eigenvalue weighted by molar-refractivity contribution is -0.0225. The monoisotopic (exact) mass is 362 g/mol. The Labute approximate surface area is 153 Å². The molecular weight excluding hydrogens is 340 g/mol. The lowest BCUT2D eigenvalue weighted by Crippen LogP contribution is -2.24. The van der Waals surface area contributed by atoms with E-state index in [0.717, 1.165) is 22.4 Å². The Hall–Kier alpha value is -1.59. The maximum atomic E-state index is 9.93. The van der Waals surface area contributed by atoms with Gasteiger partial charge in [0, 0.05) is 11.4 Å². The largest absolute Gasteiger partial charge is 0.494 e. The van der Waals surface area contributed by atoms with Crippen LogP contribution in [0.5, 0.6) is 5.75 Å². The Balaban J connectivity index is 1.75. The number of aliphatic hydroxyl groups is 2. The normalized spacial score (nSPS) is 23.0. The fraction of sp³-hybridized carbons (Fsp3) is 0.400. The minimum Gasteiger partial charge on any atom is -0.494 e. The van der Waals surface area contributed by atoms with Gasteiger partial charge in [0.2, 0.25) is 0 Å². The van der Waals surface area contributed by atoms with Crippen LogP contribution in [0, 0.1) is 0 Å². The molecule has 0 saturated carbocycles. The molecule has 0 unspecified atom stereocenters. The summed E-state index contributed by atoms with van der Waals surface area (Å²) in [5, 5.41) is 19.9. The second-order valence-electron chi connectivity index (χ2n) is 6.25. The lowest BCUT2D eigenvalue weighted by Gasteiger charge is -2.14. The van der Waals surface area contributed by atoms with E-state index in [0.29, 0.717) is 24.5 Å². The molecule has 2 aromatic carbocycles. The van der Waals surface area contributed by atoms with Crippen molar-refractivity contribution in [1.29, 1.82) is 0 Å². The molecule has 0 bridgehead atoms. The van der Waals surface area contributed by atoms with Gasteiger partial charge in [0.25, 0.3) is 0 Å². The van der Waals surface area contributed by atoms with Crippen molar-refractivity contribution in [2.24, 2.45) is 0 Å². The van der Waals surface area contributed by atoms with Gasteiger partial charge >= 0.3 is 0 Å². The molecule has 0 amide bonds. The van der Waals surface area contributed by atoms with Crippen LogP contribution in [0.25, 0.3) is 0 Å². The van der Waals surface area contributed by atoms with Gasteiger partial charge in [-0.2, -0.15) is 0 Å². The minimum absolute atomic E-state index is 0.176. The topological polar surface area (TPSA) is 58.9 Å². The zero-order valence-corrected chi connectivity index (χ0v) is 14.9. The Kier molecular flexibility index (Phi) is 5.97. The van der Waals surface area contributed by atoms with Crippen LogP contribution >= 0.6 is 11.6 Å². The van der Waals surface area contributed by atoms with Crippen molar-refractivity contribution in [3.8, 4) is 5.75 Å². The summed E-state index contributed by atoms with van der Waals surface area (Å²) in [7, 11) is 0. The second-order valence-corrected chi connectivity index (χ2v) is 6.66. The Morgan fingerprint density at radius 1 is 1.20 bits per heavy atom. The molecule has 1 aliphatic rings. The van der Waals surface area contributed by atoms with E-state index in [1.54, 1.807) is 0 Å². The summed E-state index contributed by atoms with van der Waals surface area (Å²) in [6.45, 7) is 2.43. The predicted octanol–water partition coefficient (Wildman–Crippen LogP) is 3.51. The second kappa shape index (κ2) is 8.19. The number of hydrogen-bond acceptors (Lipinski definition) is 4. The van der Waals surface area contributed by atoms with Crippen molar-refractivity contribution in [2.75, 3.05) is 13.2 Å². The summed E-state index contributed by atoms with van der Waals surface area (Å²) < 4.78 is 11.2. The third-order valence-electron chi connectivity index (χ3n) is 4.47. The van der Waals surface area contributed by atoms with Gasteiger partial charge in [-0.15, -0.1) is 0 Å². The van der Waals surface area contributed by atoms with Gasteiger partial charge in [-0.3, -0.25) is 0 Å². The molecule has 134 valence electrons. The van der Waals surface area contributed by atoms with E-state index in [1.165, 1.54) is 0 Å². The van der Waals surface area contributed by atoms with E-state index >= 15 is 0 Å². The first kappa shape index (κ1) is 18.2. The molecule has 0 spiro atoms. The van der Waals surface area contributed by atoms with E-state index in [1.807, 2.05) is 49.4 Å². The zero-order valence-electron chi connectivity index (χ0n) is 14.2. The maximum Gasteiger partial charge on any atom is 0.119 e. The van der Waals surface area contributed by atoms with Gasteiger partial charge in [-0.05, 0) is 48.2 Å². The number of aliphatic hydroxyl groups excluding tert-OH is 2. The fourth-order valence-corrected chi connectivity index (χ4v) is 3.31. The standard InChI is InChI=1S/C20H23ClO4/c1-2-24-16-6-3-13(4-7-16)9-15-10-14(5-8-17(15)21)19-11-18(23)20(12-22)25-19/h3-8,10,18-20,22-23H,2,9,11-12H2,1H3/t18-,19-,20+/m1/s1. The first-order valence-electron chi connectivity index (χ1n) is 8.55. The van der Waals surface area contributed by atoms with Crippen molar-refractivity contribution in [3.63, 3.8) is 0 Å². The predicted molar refractivity (Wildman–Crippen MR) is 97.2 cm³/mol. The number of benzene rings is 2. The van der Waals surface area contributed by atoms with Gasteiger partial charge in [0.1, 0.15) is 11.9 Å². The van der Waals surface area contributed by atoms with E-state index in [4.69, 9.17) is 21.1 Å². The minimum atomic E-state index is -0.639. The molecule has 0 aromatic heterocycles. The summed E-state index contributed by atoms with van der Waals surface area (Å²) in [5.74, 6) is 0.856. The van der Waals surface area contributed by atoms with Crippen LogP contribution in [0.2, 0.25) is 5.02 Å². The number of ether oxygens (including phenoxy) is 2. The lowest BCUT2D eigenvalue weighted by atomic mass is 9.98. The average Bonchev–Trinajstić information content (AvgIpc) is 2.99. The molecule has 1 saturated heterocycles. The highest BCUT2D eigenvalue weighted by molar-refractivity contribution is 6.31. The summed E-state index contributed by atoms with van der Waals surface area (Å²) in [5.41, 5.74) is 3.12. The van der Waals surface area contributed by atoms with E-state index in [-0.39, 0.29) is 12.7 Å². The molecule has 3 atom stereocenters. The van der Waals surface area contributed by atoms with Crippen LogP contribution in [0.3, 0.4) is 0 Å². The summed E-state index contributed by atoms with van der Waals surface area (Å²) in [6, 6.07) is 13.8. The van der Waals surface area contributed by atoms with Crippen molar-refractivity contribution >= 4 is 11.6 Å². The quantitative estimate of drug-likeness (QED) is 0.825. The number of halogens is 1. The van der Waals surface area contributed by atoms with E-state index in [9.17, 15) is 10.2 Å². The van der Waals surface area contributed by atoms with Crippen LogP contribution in [-0.4, -0.2) is 35.6 Å². The van der Waals surface area contributed by atoms with Crippen LogP contribution < -0.4 is 4.74 Å². The first-order chi connectivity index (χ1) is 12.1. The molecule has 3 rings (SSSR count).